The van der Waals surface area contributed by atoms with Crippen molar-refractivity contribution in [2.75, 3.05) is 18.4 Å². The molecule has 22 heavy (non-hydrogen) atoms. The van der Waals surface area contributed by atoms with Gasteiger partial charge >= 0.3 is 0 Å². The smallest absolute Gasteiger partial charge is 0.274 e. The minimum absolute atomic E-state index is 0.0782. The predicted molar refractivity (Wildman–Crippen MR) is 84.2 cm³/mol. The molecule has 7 heteroatoms. The lowest BCUT2D eigenvalue weighted by molar-refractivity contribution is -0.123. The van der Waals surface area contributed by atoms with Crippen molar-refractivity contribution in [3.05, 3.63) is 53.0 Å². The molecule has 1 aliphatic rings. The summed E-state index contributed by atoms with van der Waals surface area (Å²) in [6, 6.07) is 7.37. The summed E-state index contributed by atoms with van der Waals surface area (Å²) in [4.78, 5) is 33.6. The van der Waals surface area contributed by atoms with Crippen LogP contribution in [0.5, 0.6) is 0 Å². The van der Waals surface area contributed by atoms with Gasteiger partial charge in [0.1, 0.15) is 5.69 Å². The summed E-state index contributed by atoms with van der Waals surface area (Å²) in [7, 11) is 0. The number of hydrogen-bond donors (Lipinski definition) is 1. The van der Waals surface area contributed by atoms with Crippen molar-refractivity contribution in [1.82, 2.24) is 14.9 Å². The molecular formula is C15H13BrN4O2. The molecule has 3 rings (SSSR count). The summed E-state index contributed by atoms with van der Waals surface area (Å²) in [5.41, 5.74) is 1.04. The van der Waals surface area contributed by atoms with E-state index in [-0.39, 0.29) is 17.7 Å². The average molecular weight is 361 g/mol. The third-order valence-corrected chi connectivity index (χ3v) is 3.96. The molecule has 1 aromatic carbocycles. The van der Waals surface area contributed by atoms with Crippen molar-refractivity contribution >= 4 is 33.4 Å². The number of rotatable bonds is 3. The second-order valence-electron chi connectivity index (χ2n) is 4.99. The molecule has 2 heterocycles. The molecule has 112 valence electrons. The Morgan fingerprint density at radius 1 is 1.18 bits per heavy atom. The minimum atomic E-state index is -0.194. The molecule has 0 aliphatic carbocycles. The fraction of sp³-hybridized carbons (Fsp3) is 0.200. The Bertz CT molecular complexity index is 684. The van der Waals surface area contributed by atoms with Gasteiger partial charge in [0.25, 0.3) is 5.91 Å². The Morgan fingerprint density at radius 3 is 2.55 bits per heavy atom. The molecule has 1 aromatic heterocycles. The van der Waals surface area contributed by atoms with Crippen LogP contribution in [-0.2, 0) is 4.79 Å². The van der Waals surface area contributed by atoms with Crippen LogP contribution in [0.2, 0.25) is 0 Å². The Morgan fingerprint density at radius 2 is 1.91 bits per heavy atom. The van der Waals surface area contributed by atoms with Crippen molar-refractivity contribution in [1.29, 1.82) is 0 Å². The highest BCUT2D eigenvalue weighted by atomic mass is 79.9. The Labute approximate surface area is 135 Å². The number of hydrogen-bond acceptors (Lipinski definition) is 4. The molecule has 0 bridgehead atoms. The third kappa shape index (κ3) is 3.14. The van der Waals surface area contributed by atoms with Gasteiger partial charge in [-0.2, -0.15) is 0 Å². The number of carbonyl (C=O) groups excluding carboxylic acids is 2. The molecule has 1 N–H and O–H groups in total. The lowest BCUT2D eigenvalue weighted by Crippen LogP contribution is -2.54. The van der Waals surface area contributed by atoms with E-state index in [0.717, 1.165) is 10.2 Å². The number of carbonyl (C=O) groups is 2. The second kappa shape index (κ2) is 6.23. The maximum absolute atomic E-state index is 12.1. The number of aromatic nitrogens is 2. The van der Waals surface area contributed by atoms with E-state index in [0.29, 0.717) is 18.8 Å². The van der Waals surface area contributed by atoms with Gasteiger partial charge in [0, 0.05) is 35.6 Å². The van der Waals surface area contributed by atoms with Gasteiger partial charge in [0.15, 0.2) is 0 Å². The molecule has 0 saturated carbocycles. The van der Waals surface area contributed by atoms with Crippen LogP contribution in [0.25, 0.3) is 0 Å². The topological polar surface area (TPSA) is 75.2 Å². The van der Waals surface area contributed by atoms with Gasteiger partial charge in [0.05, 0.1) is 12.1 Å². The molecule has 1 saturated heterocycles. The number of amides is 2. The van der Waals surface area contributed by atoms with Crippen molar-refractivity contribution in [3.8, 4) is 0 Å². The van der Waals surface area contributed by atoms with Gasteiger partial charge < -0.3 is 10.2 Å². The first kappa shape index (κ1) is 14.6. The van der Waals surface area contributed by atoms with E-state index in [4.69, 9.17) is 0 Å². The molecule has 6 nitrogen and oxygen atoms in total. The molecule has 0 unspecified atom stereocenters. The van der Waals surface area contributed by atoms with E-state index in [1.54, 1.807) is 4.90 Å². The highest BCUT2D eigenvalue weighted by Gasteiger charge is 2.36. The van der Waals surface area contributed by atoms with E-state index in [1.807, 2.05) is 24.3 Å². The van der Waals surface area contributed by atoms with E-state index in [2.05, 4.69) is 31.2 Å². The predicted octanol–water partition coefficient (Wildman–Crippen LogP) is 1.95. The minimum Gasteiger partial charge on any atom is -0.336 e. The number of anilines is 1. The number of benzene rings is 1. The fourth-order valence-corrected chi connectivity index (χ4v) is 2.42. The van der Waals surface area contributed by atoms with E-state index < -0.39 is 0 Å². The normalized spacial score (nSPS) is 14.3. The Kier molecular flexibility index (Phi) is 4.15. The molecule has 0 radical (unpaired) electrons. The summed E-state index contributed by atoms with van der Waals surface area (Å²) < 4.78 is 0.954. The number of likely N-dealkylation sites (tertiary alicyclic amines) is 1. The zero-order valence-electron chi connectivity index (χ0n) is 11.6. The van der Waals surface area contributed by atoms with Gasteiger partial charge in [-0.3, -0.25) is 14.6 Å². The van der Waals surface area contributed by atoms with Crippen LogP contribution in [0, 0.1) is 5.92 Å². The van der Waals surface area contributed by atoms with Gasteiger partial charge in [-0.05, 0) is 24.3 Å². The van der Waals surface area contributed by atoms with Crippen LogP contribution in [0.15, 0.2) is 47.3 Å². The summed E-state index contributed by atoms with van der Waals surface area (Å²) in [6.45, 7) is 0.801. The summed E-state index contributed by atoms with van der Waals surface area (Å²) >= 11 is 3.34. The monoisotopic (exact) mass is 360 g/mol. The van der Waals surface area contributed by atoms with Crippen molar-refractivity contribution in [2.45, 2.75) is 0 Å². The lowest BCUT2D eigenvalue weighted by atomic mass is 9.98. The van der Waals surface area contributed by atoms with Gasteiger partial charge in [0.2, 0.25) is 5.91 Å². The molecular weight excluding hydrogens is 348 g/mol. The van der Waals surface area contributed by atoms with E-state index in [9.17, 15) is 9.59 Å². The maximum atomic E-state index is 12.1. The highest BCUT2D eigenvalue weighted by Crippen LogP contribution is 2.20. The second-order valence-corrected chi connectivity index (χ2v) is 5.91. The number of halogens is 1. The lowest BCUT2D eigenvalue weighted by Gasteiger charge is -2.37. The Hall–Kier alpha value is -2.28. The van der Waals surface area contributed by atoms with Crippen LogP contribution in [0.3, 0.4) is 0 Å². The summed E-state index contributed by atoms with van der Waals surface area (Å²) in [6.07, 6.45) is 4.42. The molecule has 2 aromatic rings. The van der Waals surface area contributed by atoms with Crippen LogP contribution in [-0.4, -0.2) is 39.8 Å². The molecule has 1 aliphatic heterocycles. The summed E-state index contributed by atoms with van der Waals surface area (Å²) in [5.74, 6) is -0.462. The molecule has 0 spiro atoms. The quantitative estimate of drug-likeness (QED) is 0.907. The third-order valence-electron chi connectivity index (χ3n) is 3.43. The first-order valence-electron chi connectivity index (χ1n) is 6.75. The maximum Gasteiger partial charge on any atom is 0.274 e. The zero-order valence-corrected chi connectivity index (χ0v) is 13.2. The molecule has 0 atom stereocenters. The van der Waals surface area contributed by atoms with Crippen molar-refractivity contribution < 1.29 is 9.59 Å². The first-order valence-corrected chi connectivity index (χ1v) is 7.54. The van der Waals surface area contributed by atoms with Gasteiger partial charge in [-0.1, -0.05) is 15.9 Å². The SMILES string of the molecule is O=C(Nc1ccc(Br)cc1)C1CN(C(=O)c2cnccn2)C1. The first-order chi connectivity index (χ1) is 10.6. The Balaban J connectivity index is 1.53. The van der Waals surface area contributed by atoms with E-state index in [1.165, 1.54) is 18.6 Å². The van der Waals surface area contributed by atoms with E-state index >= 15 is 0 Å². The van der Waals surface area contributed by atoms with Crippen LogP contribution in [0.4, 0.5) is 5.69 Å². The van der Waals surface area contributed by atoms with Crippen LogP contribution in [0.1, 0.15) is 10.5 Å². The highest BCUT2D eigenvalue weighted by molar-refractivity contribution is 9.10. The van der Waals surface area contributed by atoms with Crippen LogP contribution < -0.4 is 5.32 Å². The van der Waals surface area contributed by atoms with Crippen LogP contribution >= 0.6 is 15.9 Å². The number of nitrogens with one attached hydrogen (secondary N) is 1. The molecule has 2 amide bonds. The standard InChI is InChI=1S/C15H13BrN4O2/c16-11-1-3-12(4-2-11)19-14(21)10-8-20(9-10)15(22)13-7-17-5-6-18-13/h1-7,10H,8-9H2,(H,19,21). The fourth-order valence-electron chi connectivity index (χ4n) is 2.16. The van der Waals surface area contributed by atoms with Crippen molar-refractivity contribution in [3.63, 3.8) is 0 Å². The average Bonchev–Trinajstić information content (AvgIpc) is 2.49. The van der Waals surface area contributed by atoms with Crippen molar-refractivity contribution in [2.24, 2.45) is 5.92 Å². The molecule has 1 fully saturated rings. The number of nitrogens with zero attached hydrogens (tertiary/aromatic N) is 3. The zero-order chi connectivity index (χ0) is 15.5. The largest absolute Gasteiger partial charge is 0.336 e. The van der Waals surface area contributed by atoms with Gasteiger partial charge in [-0.25, -0.2) is 4.98 Å². The summed E-state index contributed by atoms with van der Waals surface area (Å²) in [5, 5.41) is 2.84. The van der Waals surface area contributed by atoms with Gasteiger partial charge in [-0.15, -0.1) is 0 Å².